The molecule has 0 saturated heterocycles. The molecule has 6 heteroatoms. The molecule has 1 unspecified atom stereocenters. The third-order valence-electron chi connectivity index (χ3n) is 2.52. The average molecular weight is 253 g/mol. The lowest BCUT2D eigenvalue weighted by Gasteiger charge is -2.22. The standard InChI is InChI=1S/C11H19N5S/c1-4-6-13-11(2,8-12)5-7-17-10-15-14-9-16(10)3/h9,13H,4-7H2,1-3H3. The minimum Gasteiger partial charge on any atom is -0.312 e. The van der Waals surface area contributed by atoms with E-state index in [0.29, 0.717) is 0 Å². The van der Waals surface area contributed by atoms with Crippen molar-refractivity contribution in [3.63, 3.8) is 0 Å². The minimum absolute atomic E-state index is 0.443. The molecule has 0 aliphatic heterocycles. The van der Waals surface area contributed by atoms with Crippen molar-refractivity contribution in [2.24, 2.45) is 7.05 Å². The Bertz CT molecular complexity index is 383. The predicted molar refractivity (Wildman–Crippen MR) is 68.7 cm³/mol. The molecular weight excluding hydrogens is 234 g/mol. The van der Waals surface area contributed by atoms with E-state index >= 15 is 0 Å². The Morgan fingerprint density at radius 2 is 2.41 bits per heavy atom. The zero-order chi connectivity index (χ0) is 12.7. The number of thioether (sulfide) groups is 1. The molecule has 0 aromatic carbocycles. The molecule has 0 saturated carbocycles. The minimum atomic E-state index is -0.443. The number of nitrogens with one attached hydrogen (secondary N) is 1. The maximum atomic E-state index is 9.17. The molecular formula is C11H19N5S. The summed E-state index contributed by atoms with van der Waals surface area (Å²) in [4.78, 5) is 0. The van der Waals surface area contributed by atoms with Crippen LogP contribution in [0, 0.1) is 11.3 Å². The molecule has 1 aromatic rings. The molecule has 17 heavy (non-hydrogen) atoms. The van der Waals surface area contributed by atoms with E-state index in [-0.39, 0.29) is 0 Å². The van der Waals surface area contributed by atoms with Gasteiger partial charge < -0.3 is 4.57 Å². The second kappa shape index (κ2) is 6.62. The fourth-order valence-electron chi connectivity index (χ4n) is 1.33. The molecule has 1 aromatic heterocycles. The fraction of sp³-hybridized carbons (Fsp3) is 0.727. The van der Waals surface area contributed by atoms with E-state index in [1.807, 2.05) is 18.5 Å². The van der Waals surface area contributed by atoms with Crippen LogP contribution < -0.4 is 5.32 Å². The van der Waals surface area contributed by atoms with E-state index in [1.54, 1.807) is 18.1 Å². The zero-order valence-electron chi connectivity index (χ0n) is 10.6. The molecule has 5 nitrogen and oxygen atoms in total. The molecule has 1 atom stereocenters. The van der Waals surface area contributed by atoms with Crippen LogP contribution in [-0.2, 0) is 7.05 Å². The Morgan fingerprint density at radius 3 is 2.94 bits per heavy atom. The molecule has 94 valence electrons. The van der Waals surface area contributed by atoms with Crippen molar-refractivity contribution < 1.29 is 0 Å². The van der Waals surface area contributed by atoms with Crippen LogP contribution in [0.25, 0.3) is 0 Å². The number of hydrogen-bond acceptors (Lipinski definition) is 5. The zero-order valence-corrected chi connectivity index (χ0v) is 11.4. The molecule has 0 spiro atoms. The number of aryl methyl sites for hydroxylation is 1. The maximum absolute atomic E-state index is 9.17. The predicted octanol–water partition coefficient (Wildman–Crippen LogP) is 1.58. The quantitative estimate of drug-likeness (QED) is 0.747. The first-order valence-electron chi connectivity index (χ1n) is 5.74. The second-order valence-electron chi connectivity index (χ2n) is 4.19. The van der Waals surface area contributed by atoms with Gasteiger partial charge in [-0.05, 0) is 26.3 Å². The van der Waals surface area contributed by atoms with Crippen molar-refractivity contribution in [2.45, 2.75) is 37.4 Å². The van der Waals surface area contributed by atoms with Gasteiger partial charge in [-0.25, -0.2) is 0 Å². The Hall–Kier alpha value is -1.06. The number of hydrogen-bond donors (Lipinski definition) is 1. The number of nitriles is 1. The molecule has 1 rings (SSSR count). The SMILES string of the molecule is CCCNC(C)(C#N)CCSc1nncn1C. The van der Waals surface area contributed by atoms with Gasteiger partial charge in [0.1, 0.15) is 11.9 Å². The van der Waals surface area contributed by atoms with E-state index in [0.717, 1.165) is 30.3 Å². The van der Waals surface area contributed by atoms with Crippen LogP contribution in [0.1, 0.15) is 26.7 Å². The number of nitrogens with zero attached hydrogens (tertiary/aromatic N) is 4. The van der Waals surface area contributed by atoms with Gasteiger partial charge >= 0.3 is 0 Å². The summed E-state index contributed by atoms with van der Waals surface area (Å²) in [5.74, 6) is 0.854. The summed E-state index contributed by atoms with van der Waals surface area (Å²) in [5.41, 5.74) is -0.443. The highest BCUT2D eigenvalue weighted by Crippen LogP contribution is 2.19. The van der Waals surface area contributed by atoms with Gasteiger partial charge in [-0.2, -0.15) is 5.26 Å². The van der Waals surface area contributed by atoms with Crippen LogP contribution in [0.4, 0.5) is 0 Å². The van der Waals surface area contributed by atoms with Crippen LogP contribution >= 0.6 is 11.8 Å². The van der Waals surface area contributed by atoms with Crippen molar-refractivity contribution in [1.29, 1.82) is 5.26 Å². The van der Waals surface area contributed by atoms with Gasteiger partial charge in [0.2, 0.25) is 0 Å². The first kappa shape index (κ1) is 14.0. The van der Waals surface area contributed by atoms with Crippen LogP contribution in [0.5, 0.6) is 0 Å². The van der Waals surface area contributed by atoms with Crippen molar-refractivity contribution in [1.82, 2.24) is 20.1 Å². The second-order valence-corrected chi connectivity index (χ2v) is 5.26. The first-order valence-corrected chi connectivity index (χ1v) is 6.73. The Balaban J connectivity index is 2.38. The van der Waals surface area contributed by atoms with E-state index in [9.17, 15) is 0 Å². The molecule has 1 heterocycles. The summed E-state index contributed by atoms with van der Waals surface area (Å²) in [6.07, 6.45) is 3.51. The van der Waals surface area contributed by atoms with E-state index in [2.05, 4.69) is 28.5 Å². The average Bonchev–Trinajstić information content (AvgIpc) is 2.73. The van der Waals surface area contributed by atoms with Crippen molar-refractivity contribution >= 4 is 11.8 Å². The van der Waals surface area contributed by atoms with Gasteiger partial charge in [0, 0.05) is 12.8 Å². The fourth-order valence-corrected chi connectivity index (χ4v) is 2.38. The van der Waals surface area contributed by atoms with Crippen molar-refractivity contribution in [3.8, 4) is 6.07 Å². The molecule has 0 fully saturated rings. The Morgan fingerprint density at radius 1 is 1.65 bits per heavy atom. The van der Waals surface area contributed by atoms with Gasteiger partial charge in [0.25, 0.3) is 0 Å². The molecule has 0 radical (unpaired) electrons. The summed E-state index contributed by atoms with van der Waals surface area (Å²) >= 11 is 1.63. The summed E-state index contributed by atoms with van der Waals surface area (Å²) in [5, 5.41) is 21.1. The summed E-state index contributed by atoms with van der Waals surface area (Å²) < 4.78 is 1.88. The highest BCUT2D eigenvalue weighted by molar-refractivity contribution is 7.99. The topological polar surface area (TPSA) is 66.5 Å². The highest BCUT2D eigenvalue weighted by atomic mass is 32.2. The third kappa shape index (κ3) is 4.36. The number of aromatic nitrogens is 3. The monoisotopic (exact) mass is 253 g/mol. The Labute approximate surface area is 107 Å². The van der Waals surface area contributed by atoms with Crippen LogP contribution in [0.3, 0.4) is 0 Å². The Kier molecular flexibility index (Phi) is 5.45. The smallest absolute Gasteiger partial charge is 0.190 e. The van der Waals surface area contributed by atoms with Gasteiger partial charge in [0.15, 0.2) is 5.16 Å². The lowest BCUT2D eigenvalue weighted by Crippen LogP contribution is -2.41. The largest absolute Gasteiger partial charge is 0.312 e. The normalized spacial score (nSPS) is 14.2. The van der Waals surface area contributed by atoms with Gasteiger partial charge in [-0.1, -0.05) is 18.7 Å². The maximum Gasteiger partial charge on any atom is 0.190 e. The van der Waals surface area contributed by atoms with Crippen LogP contribution in [-0.4, -0.2) is 32.6 Å². The van der Waals surface area contributed by atoms with E-state index in [1.165, 1.54) is 0 Å². The lowest BCUT2D eigenvalue weighted by atomic mass is 10.0. The van der Waals surface area contributed by atoms with Crippen LogP contribution in [0.2, 0.25) is 0 Å². The van der Waals surface area contributed by atoms with Gasteiger partial charge in [-0.15, -0.1) is 10.2 Å². The molecule has 1 N–H and O–H groups in total. The summed E-state index contributed by atoms with van der Waals surface area (Å²) in [6.45, 7) is 4.91. The number of rotatable bonds is 7. The molecule has 0 bridgehead atoms. The molecule has 0 aliphatic rings. The third-order valence-corrected chi connectivity index (χ3v) is 3.55. The lowest BCUT2D eigenvalue weighted by molar-refractivity contribution is 0.437. The molecule has 0 aliphatic carbocycles. The van der Waals surface area contributed by atoms with Crippen molar-refractivity contribution in [2.75, 3.05) is 12.3 Å². The van der Waals surface area contributed by atoms with Crippen molar-refractivity contribution in [3.05, 3.63) is 6.33 Å². The molecule has 0 amide bonds. The van der Waals surface area contributed by atoms with E-state index < -0.39 is 5.54 Å². The summed E-state index contributed by atoms with van der Waals surface area (Å²) in [6, 6.07) is 2.34. The van der Waals surface area contributed by atoms with Gasteiger partial charge in [-0.3, -0.25) is 5.32 Å². The highest BCUT2D eigenvalue weighted by Gasteiger charge is 2.22. The van der Waals surface area contributed by atoms with Crippen LogP contribution in [0.15, 0.2) is 11.5 Å². The summed E-state index contributed by atoms with van der Waals surface area (Å²) in [7, 11) is 1.92. The van der Waals surface area contributed by atoms with Gasteiger partial charge in [0.05, 0.1) is 6.07 Å². The first-order chi connectivity index (χ1) is 8.11. The van der Waals surface area contributed by atoms with E-state index in [4.69, 9.17) is 5.26 Å².